The summed E-state index contributed by atoms with van der Waals surface area (Å²) in [5, 5.41) is 11.1. The third-order valence-electron chi connectivity index (χ3n) is 4.10. The molecular weight excluding hydrogens is 308 g/mol. The zero-order valence-corrected chi connectivity index (χ0v) is 14.1. The number of carbonyl (C=O) groups excluding carboxylic acids is 1. The van der Waals surface area contributed by atoms with Crippen LogP contribution in [0.4, 0.5) is 11.4 Å². The van der Waals surface area contributed by atoms with Crippen molar-refractivity contribution in [3.8, 4) is 0 Å². The third kappa shape index (κ3) is 5.08. The maximum absolute atomic E-state index is 11.6. The average molecular weight is 332 g/mol. The molecule has 1 heterocycles. The molecule has 2 rings (SSSR count). The van der Waals surface area contributed by atoms with Crippen molar-refractivity contribution in [2.24, 2.45) is 0 Å². The third-order valence-corrected chi connectivity index (χ3v) is 4.10. The molecular formula is C18H24N2O4. The second kappa shape index (κ2) is 9.05. The van der Waals surface area contributed by atoms with E-state index in [0.717, 1.165) is 31.6 Å². The van der Waals surface area contributed by atoms with Gasteiger partial charge in [-0.25, -0.2) is 4.79 Å². The smallest absolute Gasteiger partial charge is 0.330 e. The lowest BCUT2D eigenvalue weighted by Crippen LogP contribution is -2.27. The molecule has 0 radical (unpaired) electrons. The minimum Gasteiger partial charge on any atom is -0.463 e. The quantitative estimate of drug-likeness (QED) is 0.353. The van der Waals surface area contributed by atoms with Gasteiger partial charge in [0.05, 0.1) is 11.5 Å². The van der Waals surface area contributed by atoms with Crippen LogP contribution >= 0.6 is 0 Å². The number of ether oxygens (including phenoxy) is 1. The average Bonchev–Trinajstić information content (AvgIpc) is 2.53. The van der Waals surface area contributed by atoms with Crippen molar-refractivity contribution in [1.29, 1.82) is 0 Å². The van der Waals surface area contributed by atoms with E-state index in [-0.39, 0.29) is 5.69 Å². The number of non-ortho nitro benzene ring substituents is 1. The molecule has 1 aliphatic heterocycles. The Morgan fingerprint density at radius 1 is 1.25 bits per heavy atom. The van der Waals surface area contributed by atoms with Crippen molar-refractivity contribution in [3.63, 3.8) is 0 Å². The number of benzene rings is 1. The summed E-state index contributed by atoms with van der Waals surface area (Å²) in [6, 6.07) is 4.82. The van der Waals surface area contributed by atoms with Gasteiger partial charge in [0.1, 0.15) is 0 Å². The van der Waals surface area contributed by atoms with Gasteiger partial charge < -0.3 is 9.64 Å². The Morgan fingerprint density at radius 3 is 2.54 bits per heavy atom. The van der Waals surface area contributed by atoms with Crippen LogP contribution in [0.15, 0.2) is 24.3 Å². The molecule has 0 atom stereocenters. The lowest BCUT2D eigenvalue weighted by atomic mass is 10.1. The van der Waals surface area contributed by atoms with Crippen molar-refractivity contribution in [1.82, 2.24) is 0 Å². The van der Waals surface area contributed by atoms with E-state index < -0.39 is 10.9 Å². The van der Waals surface area contributed by atoms with Crippen LogP contribution in [0, 0.1) is 10.1 Å². The molecule has 0 spiro atoms. The Labute approximate surface area is 142 Å². The van der Waals surface area contributed by atoms with Gasteiger partial charge >= 0.3 is 5.97 Å². The largest absolute Gasteiger partial charge is 0.463 e. The van der Waals surface area contributed by atoms with Crippen LogP contribution < -0.4 is 4.90 Å². The summed E-state index contributed by atoms with van der Waals surface area (Å²) in [5.74, 6) is -0.442. The predicted octanol–water partition coefficient (Wildman–Crippen LogP) is 3.94. The molecule has 1 aromatic carbocycles. The van der Waals surface area contributed by atoms with E-state index >= 15 is 0 Å². The highest BCUT2D eigenvalue weighted by Crippen LogP contribution is 2.28. The summed E-state index contributed by atoms with van der Waals surface area (Å²) < 4.78 is 4.89. The first-order chi connectivity index (χ1) is 11.6. The molecule has 1 fully saturated rings. The van der Waals surface area contributed by atoms with Crippen LogP contribution in [0.1, 0.15) is 44.6 Å². The van der Waals surface area contributed by atoms with Crippen LogP contribution in [-0.2, 0) is 9.53 Å². The SMILES string of the molecule is CCOC(=O)/C=C/c1cc([N+](=O)[O-])ccc1N1CCCCCCC1. The first-order valence-electron chi connectivity index (χ1n) is 8.50. The molecule has 0 unspecified atom stereocenters. The number of nitro benzene ring substituents is 1. The minimum absolute atomic E-state index is 0.0225. The van der Waals surface area contributed by atoms with Gasteiger partial charge in [-0.1, -0.05) is 19.3 Å². The standard InChI is InChI=1S/C18H24N2O4/c1-2-24-18(21)11-8-15-14-16(20(22)23)9-10-17(15)19-12-6-4-3-5-7-13-19/h8-11,14H,2-7,12-13H2,1H3/b11-8+. The predicted molar refractivity (Wildman–Crippen MR) is 94.1 cm³/mol. The zero-order chi connectivity index (χ0) is 17.4. The molecule has 0 amide bonds. The fourth-order valence-electron chi connectivity index (χ4n) is 2.91. The van der Waals surface area contributed by atoms with Crippen molar-refractivity contribution < 1.29 is 14.5 Å². The summed E-state index contributed by atoms with van der Waals surface area (Å²) in [4.78, 5) is 24.5. The molecule has 1 saturated heterocycles. The monoisotopic (exact) mass is 332 g/mol. The van der Waals surface area contributed by atoms with E-state index in [1.54, 1.807) is 19.1 Å². The molecule has 1 aliphatic rings. The van der Waals surface area contributed by atoms with E-state index in [2.05, 4.69) is 4.90 Å². The van der Waals surface area contributed by atoms with Crippen LogP contribution in [0.5, 0.6) is 0 Å². The molecule has 6 heteroatoms. The Balaban J connectivity index is 2.30. The van der Waals surface area contributed by atoms with E-state index in [4.69, 9.17) is 4.74 Å². The fourth-order valence-corrected chi connectivity index (χ4v) is 2.91. The number of hydrogen-bond acceptors (Lipinski definition) is 5. The lowest BCUT2D eigenvalue weighted by Gasteiger charge is -2.28. The minimum atomic E-state index is -0.442. The summed E-state index contributed by atoms with van der Waals surface area (Å²) in [7, 11) is 0. The van der Waals surface area contributed by atoms with E-state index in [0.29, 0.717) is 12.2 Å². The first kappa shape index (κ1) is 18.0. The normalized spacial score (nSPS) is 15.8. The molecule has 6 nitrogen and oxygen atoms in total. The van der Waals surface area contributed by atoms with Crippen molar-refractivity contribution in [2.45, 2.75) is 39.0 Å². The number of anilines is 1. The van der Waals surface area contributed by atoms with Gasteiger partial charge in [0.2, 0.25) is 0 Å². The molecule has 0 saturated carbocycles. The van der Waals surface area contributed by atoms with Crippen LogP contribution in [0.2, 0.25) is 0 Å². The number of nitro groups is 1. The fraction of sp³-hybridized carbons (Fsp3) is 0.500. The molecule has 0 aliphatic carbocycles. The maximum atomic E-state index is 11.6. The second-order valence-electron chi connectivity index (χ2n) is 5.84. The Kier molecular flexibility index (Phi) is 6.78. The lowest BCUT2D eigenvalue weighted by molar-refractivity contribution is -0.384. The summed E-state index contributed by atoms with van der Waals surface area (Å²) >= 11 is 0. The van der Waals surface area contributed by atoms with Crippen LogP contribution in [0.3, 0.4) is 0 Å². The number of hydrogen-bond donors (Lipinski definition) is 0. The Bertz CT molecular complexity index is 605. The van der Waals surface area contributed by atoms with Crippen molar-refractivity contribution in [2.75, 3.05) is 24.6 Å². The zero-order valence-electron chi connectivity index (χ0n) is 14.1. The molecule has 0 N–H and O–H groups in total. The molecule has 0 bridgehead atoms. The molecule has 130 valence electrons. The van der Waals surface area contributed by atoms with Gasteiger partial charge in [-0.05, 0) is 31.9 Å². The molecule has 1 aromatic rings. The maximum Gasteiger partial charge on any atom is 0.330 e. The molecule has 0 aromatic heterocycles. The van der Waals surface area contributed by atoms with Gasteiger partial charge in [0.15, 0.2) is 0 Å². The number of nitrogens with zero attached hydrogens (tertiary/aromatic N) is 2. The second-order valence-corrected chi connectivity index (χ2v) is 5.84. The van der Waals surface area contributed by atoms with Crippen molar-refractivity contribution in [3.05, 3.63) is 40.0 Å². The van der Waals surface area contributed by atoms with Gasteiger partial charge in [0.25, 0.3) is 5.69 Å². The van der Waals surface area contributed by atoms with E-state index in [1.807, 2.05) is 0 Å². The highest BCUT2D eigenvalue weighted by molar-refractivity contribution is 5.88. The van der Waals surface area contributed by atoms with Gasteiger partial charge in [-0.15, -0.1) is 0 Å². The number of carbonyl (C=O) groups is 1. The van der Waals surface area contributed by atoms with Gasteiger partial charge in [-0.3, -0.25) is 10.1 Å². The summed E-state index contributed by atoms with van der Waals surface area (Å²) in [5.41, 5.74) is 1.63. The Morgan fingerprint density at radius 2 is 1.92 bits per heavy atom. The van der Waals surface area contributed by atoms with Crippen molar-refractivity contribution >= 4 is 23.4 Å². The summed E-state index contributed by atoms with van der Waals surface area (Å²) in [6.07, 6.45) is 8.84. The van der Waals surface area contributed by atoms with Crippen LogP contribution in [-0.4, -0.2) is 30.6 Å². The Hall–Kier alpha value is -2.37. The van der Waals surface area contributed by atoms with Gasteiger partial charge in [-0.2, -0.15) is 0 Å². The topological polar surface area (TPSA) is 72.7 Å². The van der Waals surface area contributed by atoms with E-state index in [1.165, 1.54) is 37.5 Å². The summed E-state index contributed by atoms with van der Waals surface area (Å²) in [6.45, 7) is 3.90. The highest BCUT2D eigenvalue weighted by Gasteiger charge is 2.15. The van der Waals surface area contributed by atoms with Crippen LogP contribution in [0.25, 0.3) is 6.08 Å². The number of rotatable bonds is 5. The number of esters is 1. The van der Waals surface area contributed by atoms with E-state index in [9.17, 15) is 14.9 Å². The first-order valence-corrected chi connectivity index (χ1v) is 8.50. The highest BCUT2D eigenvalue weighted by atomic mass is 16.6. The molecule has 24 heavy (non-hydrogen) atoms. The van der Waals surface area contributed by atoms with Gasteiger partial charge in [0, 0.05) is 42.5 Å².